The highest BCUT2D eigenvalue weighted by Gasteiger charge is 2.38. The maximum Gasteiger partial charge on any atom is 0.416 e. The Labute approximate surface area is 214 Å². The molecule has 3 aromatic carbocycles. The Hall–Kier alpha value is -3.39. The highest BCUT2D eigenvalue weighted by molar-refractivity contribution is 5.94. The van der Waals surface area contributed by atoms with Gasteiger partial charge in [-0.25, -0.2) is 4.39 Å². The van der Waals surface area contributed by atoms with Crippen LogP contribution in [-0.4, -0.2) is 61.5 Å². The van der Waals surface area contributed by atoms with E-state index in [9.17, 15) is 22.4 Å². The largest absolute Gasteiger partial charge is 0.416 e. The van der Waals surface area contributed by atoms with Gasteiger partial charge in [-0.1, -0.05) is 36.4 Å². The second-order valence-corrected chi connectivity index (χ2v) is 9.83. The van der Waals surface area contributed by atoms with Crippen molar-refractivity contribution < 1.29 is 22.4 Å². The van der Waals surface area contributed by atoms with Gasteiger partial charge in [-0.3, -0.25) is 9.69 Å². The van der Waals surface area contributed by atoms with Gasteiger partial charge in [0.05, 0.1) is 5.56 Å². The number of nitrogens with zero attached hydrogens (tertiary/aromatic N) is 3. The van der Waals surface area contributed by atoms with E-state index < -0.39 is 17.6 Å². The molecule has 4 nitrogen and oxygen atoms in total. The fraction of sp³-hybridized carbons (Fsp3) is 0.345. The number of carbonyl (C=O) groups is 1. The number of anilines is 1. The molecule has 2 saturated heterocycles. The molecule has 0 aliphatic carbocycles. The Morgan fingerprint density at radius 1 is 0.838 bits per heavy atom. The molecule has 37 heavy (non-hydrogen) atoms. The van der Waals surface area contributed by atoms with E-state index in [0.29, 0.717) is 13.1 Å². The molecule has 0 N–H and O–H groups in total. The van der Waals surface area contributed by atoms with Gasteiger partial charge in [-0.2, -0.15) is 13.2 Å². The predicted molar refractivity (Wildman–Crippen MR) is 135 cm³/mol. The van der Waals surface area contributed by atoms with Gasteiger partial charge in [0.15, 0.2) is 0 Å². The van der Waals surface area contributed by atoms with Crippen LogP contribution in [0.25, 0.3) is 0 Å². The third kappa shape index (κ3) is 5.80. The summed E-state index contributed by atoms with van der Waals surface area (Å²) in [5.41, 5.74) is 1.18. The summed E-state index contributed by atoms with van der Waals surface area (Å²) in [5.74, 6) is -0.822. The zero-order chi connectivity index (χ0) is 26.0. The third-order valence-electron chi connectivity index (χ3n) is 7.43. The summed E-state index contributed by atoms with van der Waals surface area (Å²) < 4.78 is 53.7. The number of carbonyl (C=O) groups excluding carboxylic acids is 1. The number of benzene rings is 3. The van der Waals surface area contributed by atoms with Gasteiger partial charge >= 0.3 is 6.18 Å². The van der Waals surface area contributed by atoms with Gasteiger partial charge in [-0.05, 0) is 53.9 Å². The number of likely N-dealkylation sites (tertiary alicyclic amines) is 1. The fourth-order valence-electron chi connectivity index (χ4n) is 5.51. The van der Waals surface area contributed by atoms with Crippen LogP contribution in [0.2, 0.25) is 0 Å². The summed E-state index contributed by atoms with van der Waals surface area (Å²) in [4.78, 5) is 19.6. The van der Waals surface area contributed by atoms with E-state index >= 15 is 0 Å². The van der Waals surface area contributed by atoms with Crippen molar-refractivity contribution in [1.82, 2.24) is 9.80 Å². The molecule has 0 spiro atoms. The molecule has 2 aliphatic heterocycles. The van der Waals surface area contributed by atoms with Crippen molar-refractivity contribution in [1.29, 1.82) is 0 Å². The minimum atomic E-state index is -4.52. The average molecular weight is 512 g/mol. The van der Waals surface area contributed by atoms with E-state index in [1.165, 1.54) is 30.0 Å². The lowest BCUT2D eigenvalue weighted by Gasteiger charge is -2.37. The molecule has 8 heteroatoms. The molecule has 194 valence electrons. The number of hydrogen-bond donors (Lipinski definition) is 0. The average Bonchev–Trinajstić information content (AvgIpc) is 3.32. The van der Waals surface area contributed by atoms with Crippen LogP contribution in [-0.2, 0) is 6.18 Å². The molecule has 1 amide bonds. The summed E-state index contributed by atoms with van der Waals surface area (Å²) in [6.07, 6.45) is -4.52. The number of para-hydroxylation sites is 1. The maximum absolute atomic E-state index is 14.1. The first-order valence-electron chi connectivity index (χ1n) is 12.5. The van der Waals surface area contributed by atoms with Gasteiger partial charge in [0.25, 0.3) is 5.91 Å². The first-order chi connectivity index (χ1) is 17.8. The molecule has 2 unspecified atom stereocenters. The Balaban J connectivity index is 1.31. The lowest BCUT2D eigenvalue weighted by atomic mass is 9.88. The number of piperazine rings is 1. The van der Waals surface area contributed by atoms with Crippen LogP contribution in [0.5, 0.6) is 0 Å². The van der Waals surface area contributed by atoms with Crippen LogP contribution in [0, 0.1) is 11.7 Å². The molecule has 2 fully saturated rings. The standard InChI is InChI=1S/C29H29F4N3O/c30-25-9-5-6-21(17-25)27-20-36(28(37)22-7-4-8-24(16-22)29(31,32)33)19-23(27)18-34-12-14-35(15-13-34)26-10-2-1-3-11-26/h1-11,16-17,23,27H,12-15,18-20H2. The Morgan fingerprint density at radius 3 is 2.27 bits per heavy atom. The van der Waals surface area contributed by atoms with Crippen LogP contribution in [0.15, 0.2) is 78.9 Å². The molecule has 0 bridgehead atoms. The van der Waals surface area contributed by atoms with Gasteiger partial charge in [-0.15, -0.1) is 0 Å². The summed E-state index contributed by atoms with van der Waals surface area (Å²) in [5, 5.41) is 0. The van der Waals surface area contributed by atoms with E-state index in [4.69, 9.17) is 0 Å². The Kier molecular flexibility index (Phi) is 7.20. The lowest BCUT2D eigenvalue weighted by molar-refractivity contribution is -0.137. The van der Waals surface area contributed by atoms with E-state index in [0.717, 1.165) is 50.4 Å². The smallest absolute Gasteiger partial charge is 0.369 e. The monoisotopic (exact) mass is 511 g/mol. The van der Waals surface area contributed by atoms with Crippen molar-refractivity contribution in [3.63, 3.8) is 0 Å². The predicted octanol–water partition coefficient (Wildman–Crippen LogP) is 5.52. The van der Waals surface area contributed by atoms with Crippen molar-refractivity contribution in [3.05, 3.63) is 101 Å². The zero-order valence-electron chi connectivity index (χ0n) is 20.4. The molecule has 2 atom stereocenters. The highest BCUT2D eigenvalue weighted by atomic mass is 19.4. The number of rotatable bonds is 5. The molecule has 0 saturated carbocycles. The van der Waals surface area contributed by atoms with Crippen molar-refractivity contribution in [2.75, 3.05) is 50.7 Å². The maximum atomic E-state index is 14.1. The van der Waals surface area contributed by atoms with Gasteiger partial charge in [0.2, 0.25) is 0 Å². The van der Waals surface area contributed by atoms with Crippen molar-refractivity contribution in [2.24, 2.45) is 5.92 Å². The number of hydrogen-bond acceptors (Lipinski definition) is 3. The Bertz CT molecular complexity index is 1230. The topological polar surface area (TPSA) is 26.8 Å². The zero-order valence-corrected chi connectivity index (χ0v) is 20.4. The molecule has 2 aliphatic rings. The van der Waals surface area contributed by atoms with Gasteiger partial charge < -0.3 is 9.80 Å². The fourth-order valence-corrected chi connectivity index (χ4v) is 5.51. The van der Waals surface area contributed by atoms with Crippen LogP contribution < -0.4 is 4.90 Å². The quantitative estimate of drug-likeness (QED) is 0.422. The molecule has 5 rings (SSSR count). The van der Waals surface area contributed by atoms with Gasteiger partial charge in [0.1, 0.15) is 5.82 Å². The molecule has 0 radical (unpaired) electrons. The summed E-state index contributed by atoms with van der Waals surface area (Å²) in [7, 11) is 0. The molecular formula is C29H29F4N3O. The Morgan fingerprint density at radius 2 is 1.57 bits per heavy atom. The van der Waals surface area contributed by atoms with Crippen molar-refractivity contribution >= 4 is 11.6 Å². The molecule has 0 aromatic heterocycles. The number of alkyl halides is 3. The first-order valence-corrected chi connectivity index (χ1v) is 12.5. The SMILES string of the molecule is O=C(c1cccc(C(F)(F)F)c1)N1CC(CN2CCN(c3ccccc3)CC2)C(c2cccc(F)c2)C1. The molecular weight excluding hydrogens is 482 g/mol. The van der Waals surface area contributed by atoms with Crippen LogP contribution in [0.4, 0.5) is 23.2 Å². The second-order valence-electron chi connectivity index (χ2n) is 9.83. The normalized spacial score (nSPS) is 20.9. The van der Waals surface area contributed by atoms with Crippen LogP contribution >= 0.6 is 0 Å². The lowest BCUT2D eigenvalue weighted by Crippen LogP contribution is -2.48. The van der Waals surface area contributed by atoms with E-state index in [1.807, 2.05) is 24.3 Å². The molecule has 2 heterocycles. The van der Waals surface area contributed by atoms with E-state index in [1.54, 1.807) is 11.0 Å². The minimum Gasteiger partial charge on any atom is -0.369 e. The summed E-state index contributed by atoms with van der Waals surface area (Å²) in [6.45, 7) is 4.98. The number of halogens is 4. The highest BCUT2D eigenvalue weighted by Crippen LogP contribution is 2.36. The first kappa shape index (κ1) is 25.3. The van der Waals surface area contributed by atoms with Crippen molar-refractivity contribution in [3.8, 4) is 0 Å². The minimum absolute atomic E-state index is 0.0185. The van der Waals surface area contributed by atoms with E-state index in [-0.39, 0.29) is 23.2 Å². The summed E-state index contributed by atoms with van der Waals surface area (Å²) >= 11 is 0. The number of amides is 1. The van der Waals surface area contributed by atoms with Gasteiger partial charge in [0, 0.05) is 63.0 Å². The summed E-state index contributed by atoms with van der Waals surface area (Å²) in [6, 6.07) is 21.2. The third-order valence-corrected chi connectivity index (χ3v) is 7.43. The van der Waals surface area contributed by atoms with E-state index in [2.05, 4.69) is 21.9 Å². The second kappa shape index (κ2) is 10.5. The van der Waals surface area contributed by atoms with Crippen LogP contribution in [0.1, 0.15) is 27.4 Å². The molecule has 3 aromatic rings. The van der Waals surface area contributed by atoms with Crippen molar-refractivity contribution in [2.45, 2.75) is 12.1 Å². The van der Waals surface area contributed by atoms with Crippen LogP contribution in [0.3, 0.4) is 0 Å².